The van der Waals surface area contributed by atoms with Crippen LogP contribution in [0.4, 0.5) is 0 Å². The van der Waals surface area contributed by atoms with Crippen molar-refractivity contribution in [3.05, 3.63) is 23.8 Å². The summed E-state index contributed by atoms with van der Waals surface area (Å²) in [6.45, 7) is 4.78. The summed E-state index contributed by atoms with van der Waals surface area (Å²) >= 11 is 0. The molecule has 1 amide bonds. The predicted molar refractivity (Wildman–Crippen MR) is 106 cm³/mol. The van der Waals surface area contributed by atoms with Gasteiger partial charge in [0, 0.05) is 38.8 Å². The fourth-order valence-corrected chi connectivity index (χ4v) is 3.78. The van der Waals surface area contributed by atoms with Crippen molar-refractivity contribution in [2.75, 3.05) is 59.7 Å². The smallest absolute Gasteiger partial charge is 0.257 e. The van der Waals surface area contributed by atoms with Gasteiger partial charge in [0.2, 0.25) is 0 Å². The van der Waals surface area contributed by atoms with Crippen LogP contribution in [0.25, 0.3) is 0 Å². The minimum absolute atomic E-state index is 0.0657. The van der Waals surface area contributed by atoms with Gasteiger partial charge in [-0.3, -0.25) is 9.69 Å². The number of ether oxygens (including phenoxy) is 3. The molecule has 0 spiro atoms. The van der Waals surface area contributed by atoms with E-state index in [1.807, 2.05) is 0 Å². The van der Waals surface area contributed by atoms with E-state index in [1.165, 1.54) is 0 Å². The Morgan fingerprint density at radius 3 is 2.68 bits per heavy atom. The van der Waals surface area contributed by atoms with Crippen LogP contribution in [-0.2, 0) is 4.74 Å². The Kier molecular flexibility index (Phi) is 7.94. The molecule has 3 rings (SSSR count). The SMILES string of the molecule is COc1ccc(C(=O)N(CCO)CCN2CCOCC2)c(OC2CCCC2)c1. The summed E-state index contributed by atoms with van der Waals surface area (Å²) in [6, 6.07) is 5.35. The van der Waals surface area contributed by atoms with Gasteiger partial charge in [-0.05, 0) is 37.8 Å². The summed E-state index contributed by atoms with van der Waals surface area (Å²) in [6.07, 6.45) is 4.51. The lowest BCUT2D eigenvalue weighted by atomic mass is 10.1. The maximum absolute atomic E-state index is 13.3. The molecule has 1 N–H and O–H groups in total. The Labute approximate surface area is 167 Å². The van der Waals surface area contributed by atoms with E-state index in [9.17, 15) is 9.90 Å². The molecule has 2 fully saturated rings. The van der Waals surface area contributed by atoms with Gasteiger partial charge in [-0.25, -0.2) is 0 Å². The largest absolute Gasteiger partial charge is 0.497 e. The number of hydrogen-bond donors (Lipinski definition) is 1. The highest BCUT2D eigenvalue weighted by atomic mass is 16.5. The van der Waals surface area contributed by atoms with Crippen molar-refractivity contribution in [1.29, 1.82) is 0 Å². The van der Waals surface area contributed by atoms with Crippen LogP contribution in [0, 0.1) is 0 Å². The Bertz CT molecular complexity index is 627. The van der Waals surface area contributed by atoms with Gasteiger partial charge in [0.1, 0.15) is 11.5 Å². The second-order valence-electron chi connectivity index (χ2n) is 7.36. The topological polar surface area (TPSA) is 71.5 Å². The molecular formula is C21H32N2O5. The minimum atomic E-state index is -0.113. The lowest BCUT2D eigenvalue weighted by molar-refractivity contribution is 0.0314. The van der Waals surface area contributed by atoms with Gasteiger partial charge in [-0.15, -0.1) is 0 Å². The highest BCUT2D eigenvalue weighted by Crippen LogP contribution is 2.30. The average Bonchev–Trinajstić information content (AvgIpc) is 3.24. The molecule has 1 aromatic carbocycles. The van der Waals surface area contributed by atoms with Crippen LogP contribution < -0.4 is 9.47 Å². The molecule has 0 bridgehead atoms. The first-order valence-corrected chi connectivity index (χ1v) is 10.3. The standard InChI is InChI=1S/C21H32N2O5/c1-26-18-6-7-19(20(16-18)28-17-4-2-3-5-17)21(25)23(10-13-24)9-8-22-11-14-27-15-12-22/h6-7,16-17,24H,2-5,8-15H2,1H3. The molecule has 7 heteroatoms. The first kappa shape index (κ1) is 20.9. The van der Waals surface area contributed by atoms with E-state index < -0.39 is 0 Å². The Balaban J connectivity index is 1.72. The number of aliphatic hydroxyl groups is 1. The first-order valence-electron chi connectivity index (χ1n) is 10.3. The predicted octanol–water partition coefficient (Wildman–Crippen LogP) is 1.78. The fraction of sp³-hybridized carbons (Fsp3) is 0.667. The number of nitrogens with zero attached hydrogens (tertiary/aromatic N) is 2. The highest BCUT2D eigenvalue weighted by Gasteiger charge is 2.24. The Hall–Kier alpha value is -1.83. The van der Waals surface area contributed by atoms with Crippen molar-refractivity contribution in [3.8, 4) is 11.5 Å². The van der Waals surface area contributed by atoms with E-state index in [1.54, 1.807) is 30.2 Å². The zero-order valence-corrected chi connectivity index (χ0v) is 16.8. The van der Waals surface area contributed by atoms with Gasteiger partial charge >= 0.3 is 0 Å². The number of aliphatic hydroxyl groups excluding tert-OH is 1. The van der Waals surface area contributed by atoms with Crippen LogP contribution in [0.15, 0.2) is 18.2 Å². The molecule has 1 aromatic rings. The third-order valence-corrected chi connectivity index (χ3v) is 5.46. The molecule has 0 atom stereocenters. The molecule has 1 saturated heterocycles. The average molecular weight is 392 g/mol. The first-order chi connectivity index (χ1) is 13.7. The highest BCUT2D eigenvalue weighted by molar-refractivity contribution is 5.97. The second kappa shape index (κ2) is 10.6. The summed E-state index contributed by atoms with van der Waals surface area (Å²) in [7, 11) is 1.61. The monoisotopic (exact) mass is 392 g/mol. The van der Waals surface area contributed by atoms with Crippen molar-refractivity contribution in [1.82, 2.24) is 9.80 Å². The number of amides is 1. The van der Waals surface area contributed by atoms with Crippen molar-refractivity contribution in [2.24, 2.45) is 0 Å². The van der Waals surface area contributed by atoms with Crippen LogP contribution in [0.2, 0.25) is 0 Å². The molecular weight excluding hydrogens is 360 g/mol. The van der Waals surface area contributed by atoms with Crippen LogP contribution in [0.1, 0.15) is 36.0 Å². The zero-order chi connectivity index (χ0) is 19.8. The molecule has 0 radical (unpaired) electrons. The van der Waals surface area contributed by atoms with Crippen molar-refractivity contribution in [2.45, 2.75) is 31.8 Å². The summed E-state index contributed by atoms with van der Waals surface area (Å²) in [5.74, 6) is 1.13. The van der Waals surface area contributed by atoms with E-state index in [0.717, 1.165) is 58.5 Å². The number of carbonyl (C=O) groups is 1. The number of benzene rings is 1. The van der Waals surface area contributed by atoms with Gasteiger partial charge < -0.3 is 24.2 Å². The maximum atomic E-state index is 13.3. The van der Waals surface area contributed by atoms with E-state index in [-0.39, 0.29) is 18.6 Å². The van der Waals surface area contributed by atoms with Crippen LogP contribution in [0.3, 0.4) is 0 Å². The minimum Gasteiger partial charge on any atom is -0.497 e. The number of hydrogen-bond acceptors (Lipinski definition) is 6. The van der Waals surface area contributed by atoms with Crippen LogP contribution in [0.5, 0.6) is 11.5 Å². The van der Waals surface area contributed by atoms with Gasteiger partial charge in [-0.2, -0.15) is 0 Å². The van der Waals surface area contributed by atoms with Gasteiger partial charge in [0.25, 0.3) is 5.91 Å². The second-order valence-corrected chi connectivity index (χ2v) is 7.36. The maximum Gasteiger partial charge on any atom is 0.257 e. The van der Waals surface area contributed by atoms with E-state index in [0.29, 0.717) is 30.2 Å². The lowest BCUT2D eigenvalue weighted by Crippen LogP contribution is -2.44. The van der Waals surface area contributed by atoms with Gasteiger partial charge in [0.15, 0.2) is 0 Å². The van der Waals surface area contributed by atoms with Gasteiger partial charge in [0.05, 0.1) is 38.6 Å². The van der Waals surface area contributed by atoms with E-state index in [2.05, 4.69) is 4.90 Å². The summed E-state index contributed by atoms with van der Waals surface area (Å²) in [4.78, 5) is 17.2. The molecule has 1 heterocycles. The Morgan fingerprint density at radius 2 is 2.00 bits per heavy atom. The summed E-state index contributed by atoms with van der Waals surface area (Å²) < 4.78 is 16.9. The molecule has 1 aliphatic heterocycles. The molecule has 7 nitrogen and oxygen atoms in total. The van der Waals surface area contributed by atoms with E-state index >= 15 is 0 Å². The van der Waals surface area contributed by atoms with Crippen molar-refractivity contribution in [3.63, 3.8) is 0 Å². The molecule has 0 aromatic heterocycles. The number of carbonyl (C=O) groups excluding carboxylic acids is 1. The number of methoxy groups -OCH3 is 1. The quantitative estimate of drug-likeness (QED) is 0.691. The molecule has 1 aliphatic carbocycles. The fourth-order valence-electron chi connectivity index (χ4n) is 3.78. The third kappa shape index (κ3) is 5.59. The summed E-state index contributed by atoms with van der Waals surface area (Å²) in [5, 5.41) is 9.47. The van der Waals surface area contributed by atoms with Crippen LogP contribution in [-0.4, -0.2) is 86.6 Å². The van der Waals surface area contributed by atoms with E-state index in [4.69, 9.17) is 14.2 Å². The molecule has 156 valence electrons. The molecule has 28 heavy (non-hydrogen) atoms. The van der Waals surface area contributed by atoms with Crippen molar-refractivity contribution >= 4 is 5.91 Å². The van der Waals surface area contributed by atoms with Gasteiger partial charge in [-0.1, -0.05) is 0 Å². The molecule has 2 aliphatic rings. The third-order valence-electron chi connectivity index (χ3n) is 5.46. The number of rotatable bonds is 9. The van der Waals surface area contributed by atoms with Crippen molar-refractivity contribution < 1.29 is 24.1 Å². The van der Waals surface area contributed by atoms with Crippen LogP contribution >= 0.6 is 0 Å². The molecule has 1 saturated carbocycles. The normalized spacial score (nSPS) is 18.2. The lowest BCUT2D eigenvalue weighted by Gasteiger charge is -2.30. The molecule has 0 unspecified atom stereocenters. The summed E-state index contributed by atoms with van der Waals surface area (Å²) in [5.41, 5.74) is 0.531. The number of morpholine rings is 1. The Morgan fingerprint density at radius 1 is 1.25 bits per heavy atom. The zero-order valence-electron chi connectivity index (χ0n) is 16.8.